The number of hydrogen-bond donors (Lipinski definition) is 2. The first-order valence-corrected chi connectivity index (χ1v) is 14.1. The third-order valence-electron chi connectivity index (χ3n) is 7.51. The SMILES string of the molecule is CN1CCn2nc(Nc3cc(-c4cccc(N5Cc6cc(C(C)(C)C)sc6C5=O)c4CO)nn(C)c3=O)cc2C1. The minimum atomic E-state index is -0.289. The Kier molecular flexibility index (Phi) is 6.40. The molecule has 0 bridgehead atoms. The van der Waals surface area contributed by atoms with E-state index in [0.717, 1.165) is 35.8 Å². The summed E-state index contributed by atoms with van der Waals surface area (Å²) in [5, 5.41) is 22.8. The number of aromatic nitrogens is 4. The van der Waals surface area contributed by atoms with Crippen molar-refractivity contribution in [3.8, 4) is 11.3 Å². The van der Waals surface area contributed by atoms with Gasteiger partial charge in [-0.25, -0.2) is 4.68 Å². The standard InChI is InChI=1S/C29H33N7O3S/c1-29(2,3)24-11-17-14-35(28(39)26(17)40-24)23-8-6-7-19(20(23)16-37)21-13-22(27(38)34(5)31-21)30-25-12-18-15-33(4)9-10-36(18)32-25/h6-8,11-13,37H,9-10,14-16H2,1-5H3,(H,30,32). The molecule has 6 rings (SSSR count). The Morgan fingerprint density at radius 1 is 1.05 bits per heavy atom. The Balaban J connectivity index is 1.35. The molecule has 0 spiro atoms. The topological polar surface area (TPSA) is 109 Å². The molecular weight excluding hydrogens is 526 g/mol. The second kappa shape index (κ2) is 9.69. The molecule has 0 unspecified atom stereocenters. The molecule has 5 heterocycles. The maximum Gasteiger partial charge on any atom is 0.290 e. The number of aliphatic hydroxyl groups excluding tert-OH is 1. The lowest BCUT2D eigenvalue weighted by atomic mass is 9.94. The van der Waals surface area contributed by atoms with Crippen LogP contribution in [0.1, 0.15) is 52.1 Å². The van der Waals surface area contributed by atoms with Crippen molar-refractivity contribution in [2.24, 2.45) is 7.05 Å². The summed E-state index contributed by atoms with van der Waals surface area (Å²) in [6.07, 6.45) is 0. The molecule has 0 fully saturated rings. The molecule has 0 aliphatic carbocycles. The number of carbonyl (C=O) groups excluding carboxylic acids is 1. The minimum Gasteiger partial charge on any atom is -0.392 e. The van der Waals surface area contributed by atoms with E-state index in [0.29, 0.717) is 40.6 Å². The van der Waals surface area contributed by atoms with Crippen molar-refractivity contribution in [1.29, 1.82) is 0 Å². The zero-order valence-corrected chi connectivity index (χ0v) is 24.2. The first-order chi connectivity index (χ1) is 19.0. The Hall–Kier alpha value is -3.80. The second-order valence-electron chi connectivity index (χ2n) is 11.5. The van der Waals surface area contributed by atoms with E-state index < -0.39 is 0 Å². The van der Waals surface area contributed by atoms with E-state index in [1.165, 1.54) is 9.56 Å². The van der Waals surface area contributed by atoms with Gasteiger partial charge in [0.2, 0.25) is 0 Å². The molecule has 0 saturated heterocycles. The molecular formula is C29H33N7O3S. The van der Waals surface area contributed by atoms with Gasteiger partial charge < -0.3 is 15.3 Å². The first-order valence-electron chi connectivity index (χ1n) is 13.3. The van der Waals surface area contributed by atoms with Gasteiger partial charge in [-0.2, -0.15) is 10.2 Å². The number of rotatable bonds is 5. The molecule has 3 aromatic heterocycles. The van der Waals surface area contributed by atoms with Gasteiger partial charge in [-0.3, -0.25) is 19.2 Å². The van der Waals surface area contributed by atoms with Gasteiger partial charge in [0.25, 0.3) is 11.5 Å². The van der Waals surface area contributed by atoms with Gasteiger partial charge in [0, 0.05) is 42.2 Å². The molecule has 4 aromatic rings. The van der Waals surface area contributed by atoms with Crippen LogP contribution in [0.2, 0.25) is 0 Å². The summed E-state index contributed by atoms with van der Waals surface area (Å²) in [7, 11) is 3.67. The van der Waals surface area contributed by atoms with Gasteiger partial charge in [-0.15, -0.1) is 11.3 Å². The fourth-order valence-corrected chi connectivity index (χ4v) is 6.50. The van der Waals surface area contributed by atoms with Crippen molar-refractivity contribution < 1.29 is 9.90 Å². The number of likely N-dealkylation sites (N-methyl/N-ethyl adjacent to an activating group) is 1. The van der Waals surface area contributed by atoms with Crippen LogP contribution in [0, 0.1) is 0 Å². The van der Waals surface area contributed by atoms with Gasteiger partial charge in [0.15, 0.2) is 5.82 Å². The number of fused-ring (bicyclic) bond motifs is 2. The van der Waals surface area contributed by atoms with Crippen LogP contribution in [0.25, 0.3) is 11.3 Å². The number of aryl methyl sites for hydroxylation is 1. The number of benzene rings is 1. The highest BCUT2D eigenvalue weighted by Crippen LogP contribution is 2.41. The summed E-state index contributed by atoms with van der Waals surface area (Å²) in [6.45, 7) is 9.10. The van der Waals surface area contributed by atoms with Crippen molar-refractivity contribution >= 4 is 34.4 Å². The fraction of sp³-hybridized carbons (Fsp3) is 0.379. The normalized spacial score (nSPS) is 15.4. The lowest BCUT2D eigenvalue weighted by Gasteiger charge is -2.22. The zero-order chi connectivity index (χ0) is 28.3. The summed E-state index contributed by atoms with van der Waals surface area (Å²) in [5.41, 5.74) is 4.50. The van der Waals surface area contributed by atoms with Crippen LogP contribution in [-0.2, 0) is 38.7 Å². The van der Waals surface area contributed by atoms with Gasteiger partial charge in [0.1, 0.15) is 5.69 Å². The lowest BCUT2D eigenvalue weighted by molar-refractivity contribution is 0.0999. The van der Waals surface area contributed by atoms with Crippen molar-refractivity contribution in [2.75, 3.05) is 23.8 Å². The predicted molar refractivity (Wildman–Crippen MR) is 156 cm³/mol. The molecule has 2 aliphatic heterocycles. The van der Waals surface area contributed by atoms with Crippen molar-refractivity contribution in [3.63, 3.8) is 0 Å². The maximum atomic E-state index is 13.5. The van der Waals surface area contributed by atoms with Crippen LogP contribution < -0.4 is 15.8 Å². The lowest BCUT2D eigenvalue weighted by Crippen LogP contribution is -2.30. The fourth-order valence-electron chi connectivity index (χ4n) is 5.32. The molecule has 40 heavy (non-hydrogen) atoms. The molecule has 10 nitrogen and oxygen atoms in total. The summed E-state index contributed by atoms with van der Waals surface area (Å²) in [4.78, 5) is 32.4. The molecule has 0 radical (unpaired) electrons. The number of amides is 1. The van der Waals surface area contributed by atoms with E-state index in [-0.39, 0.29) is 23.5 Å². The molecule has 2 N–H and O–H groups in total. The Morgan fingerprint density at radius 2 is 1.85 bits per heavy atom. The van der Waals surface area contributed by atoms with Crippen LogP contribution in [0.3, 0.4) is 0 Å². The monoisotopic (exact) mass is 559 g/mol. The molecule has 0 saturated carbocycles. The van der Waals surface area contributed by atoms with Crippen LogP contribution in [0.15, 0.2) is 41.2 Å². The summed E-state index contributed by atoms with van der Waals surface area (Å²) in [5.74, 6) is 0.534. The summed E-state index contributed by atoms with van der Waals surface area (Å²) >= 11 is 1.54. The van der Waals surface area contributed by atoms with Crippen LogP contribution in [0.4, 0.5) is 17.2 Å². The van der Waals surface area contributed by atoms with Gasteiger partial charge in [-0.1, -0.05) is 32.9 Å². The maximum absolute atomic E-state index is 13.5. The summed E-state index contributed by atoms with van der Waals surface area (Å²) < 4.78 is 3.24. The second-order valence-corrected chi connectivity index (χ2v) is 12.6. The van der Waals surface area contributed by atoms with Crippen LogP contribution >= 0.6 is 11.3 Å². The smallest absolute Gasteiger partial charge is 0.290 e. The quantitative estimate of drug-likeness (QED) is 0.382. The van der Waals surface area contributed by atoms with E-state index in [2.05, 4.69) is 54.3 Å². The van der Waals surface area contributed by atoms with E-state index in [9.17, 15) is 14.7 Å². The van der Waals surface area contributed by atoms with Gasteiger partial charge >= 0.3 is 0 Å². The van der Waals surface area contributed by atoms with E-state index in [1.54, 1.807) is 29.4 Å². The van der Waals surface area contributed by atoms with Crippen LogP contribution in [0.5, 0.6) is 0 Å². The predicted octanol–water partition coefficient (Wildman–Crippen LogP) is 3.84. The number of aliphatic hydroxyl groups is 1. The van der Waals surface area contributed by atoms with Crippen molar-refractivity contribution in [3.05, 3.63) is 73.3 Å². The molecule has 1 amide bonds. The number of hydrogen-bond acceptors (Lipinski definition) is 8. The van der Waals surface area contributed by atoms with Crippen molar-refractivity contribution in [2.45, 2.75) is 52.4 Å². The number of anilines is 3. The number of nitrogens with zero attached hydrogens (tertiary/aromatic N) is 6. The largest absolute Gasteiger partial charge is 0.392 e. The van der Waals surface area contributed by atoms with E-state index in [4.69, 9.17) is 0 Å². The van der Waals surface area contributed by atoms with Gasteiger partial charge in [-0.05, 0) is 36.2 Å². The van der Waals surface area contributed by atoms with E-state index >= 15 is 0 Å². The average Bonchev–Trinajstić information content (AvgIpc) is 3.59. The summed E-state index contributed by atoms with van der Waals surface area (Å²) in [6, 6.07) is 11.3. The molecule has 1 aromatic carbocycles. The Morgan fingerprint density at radius 3 is 2.58 bits per heavy atom. The number of nitrogens with one attached hydrogen (secondary N) is 1. The number of carbonyl (C=O) groups is 1. The highest BCUT2D eigenvalue weighted by atomic mass is 32.1. The zero-order valence-electron chi connectivity index (χ0n) is 23.4. The molecule has 2 aliphatic rings. The molecule has 0 atom stereocenters. The highest BCUT2D eigenvalue weighted by Gasteiger charge is 2.34. The Bertz CT molecular complexity index is 1690. The molecule has 11 heteroatoms. The highest BCUT2D eigenvalue weighted by molar-refractivity contribution is 7.14. The Labute approximate surface area is 236 Å². The van der Waals surface area contributed by atoms with E-state index in [1.807, 2.05) is 28.9 Å². The molecule has 208 valence electrons. The third kappa shape index (κ3) is 4.53. The van der Waals surface area contributed by atoms with Crippen LogP contribution in [-0.4, -0.2) is 49.1 Å². The van der Waals surface area contributed by atoms with Gasteiger partial charge in [0.05, 0.1) is 41.6 Å². The first kappa shape index (κ1) is 26.4. The number of thiophene rings is 1. The average molecular weight is 560 g/mol. The minimum absolute atomic E-state index is 0.0246. The van der Waals surface area contributed by atoms with Crippen molar-refractivity contribution in [1.82, 2.24) is 24.5 Å². The third-order valence-corrected chi connectivity index (χ3v) is 9.10.